The fourth-order valence-corrected chi connectivity index (χ4v) is 6.26. The molecule has 3 rings (SSSR count). The SMILES string of the molecule is CCCN(c1ccccc1F)S(=O)(=O)c1cc2c(s1)CCN(C(C)=O)C2. The smallest absolute Gasteiger partial charge is 0.273 e. The summed E-state index contributed by atoms with van der Waals surface area (Å²) in [5.41, 5.74) is 0.922. The zero-order valence-electron chi connectivity index (χ0n) is 14.7. The highest BCUT2D eigenvalue weighted by Crippen LogP contribution is 2.35. The van der Waals surface area contributed by atoms with Crippen molar-refractivity contribution < 1.29 is 17.6 Å². The molecule has 0 saturated carbocycles. The summed E-state index contributed by atoms with van der Waals surface area (Å²) in [7, 11) is -3.86. The van der Waals surface area contributed by atoms with E-state index < -0.39 is 15.8 Å². The molecule has 0 fully saturated rings. The van der Waals surface area contributed by atoms with Gasteiger partial charge in [0.1, 0.15) is 10.0 Å². The summed E-state index contributed by atoms with van der Waals surface area (Å²) in [6, 6.07) is 7.54. The van der Waals surface area contributed by atoms with Gasteiger partial charge in [-0.3, -0.25) is 9.10 Å². The first kappa shape index (κ1) is 18.8. The zero-order chi connectivity index (χ0) is 18.9. The summed E-state index contributed by atoms with van der Waals surface area (Å²) in [4.78, 5) is 14.3. The van der Waals surface area contributed by atoms with Crippen LogP contribution in [0, 0.1) is 5.82 Å². The number of fused-ring (bicyclic) bond motifs is 1. The normalized spacial score (nSPS) is 14.2. The van der Waals surface area contributed by atoms with Crippen LogP contribution in [0.1, 0.15) is 30.7 Å². The van der Waals surface area contributed by atoms with Gasteiger partial charge in [0.25, 0.3) is 10.0 Å². The minimum atomic E-state index is -3.86. The molecule has 0 atom stereocenters. The second-order valence-corrected chi connectivity index (χ2v) is 9.46. The number of thiophene rings is 1. The Kier molecular flexibility index (Phi) is 5.34. The average Bonchev–Trinajstić information content (AvgIpc) is 3.04. The van der Waals surface area contributed by atoms with Crippen molar-refractivity contribution in [3.05, 3.63) is 46.6 Å². The standard InChI is InChI=1S/C18H21FN2O3S2/c1-3-9-21(16-7-5-4-6-15(16)19)26(23,24)18-11-14-12-20(13(2)22)10-8-17(14)25-18/h4-7,11H,3,8-10,12H2,1-2H3. The van der Waals surface area contributed by atoms with Crippen LogP contribution >= 0.6 is 11.3 Å². The quantitative estimate of drug-likeness (QED) is 0.778. The number of benzene rings is 1. The molecule has 0 saturated heterocycles. The number of sulfonamides is 1. The van der Waals surface area contributed by atoms with E-state index in [9.17, 15) is 17.6 Å². The predicted octanol–water partition coefficient (Wildman–Crippen LogP) is 3.40. The van der Waals surface area contributed by atoms with Gasteiger partial charge in [0.15, 0.2) is 0 Å². The topological polar surface area (TPSA) is 57.7 Å². The lowest BCUT2D eigenvalue weighted by molar-refractivity contribution is -0.129. The molecule has 0 spiro atoms. The molecule has 1 amide bonds. The van der Waals surface area contributed by atoms with Crippen LogP contribution in [0.15, 0.2) is 34.5 Å². The largest absolute Gasteiger partial charge is 0.338 e. The van der Waals surface area contributed by atoms with Gasteiger partial charge in [-0.15, -0.1) is 11.3 Å². The highest BCUT2D eigenvalue weighted by molar-refractivity contribution is 7.94. The summed E-state index contributed by atoms with van der Waals surface area (Å²) in [5, 5.41) is 0. The van der Waals surface area contributed by atoms with E-state index in [-0.39, 0.29) is 22.3 Å². The minimum absolute atomic E-state index is 0.0229. The molecule has 26 heavy (non-hydrogen) atoms. The number of carbonyl (C=O) groups excluding carboxylic acids is 1. The van der Waals surface area contributed by atoms with E-state index in [1.807, 2.05) is 6.92 Å². The molecule has 1 aliphatic heterocycles. The summed E-state index contributed by atoms with van der Waals surface area (Å²) in [6.07, 6.45) is 1.21. The zero-order valence-corrected chi connectivity index (χ0v) is 16.4. The molecule has 0 unspecified atom stereocenters. The van der Waals surface area contributed by atoms with Crippen LogP contribution in [-0.4, -0.2) is 32.3 Å². The number of para-hydroxylation sites is 1. The fraction of sp³-hybridized carbons (Fsp3) is 0.389. The minimum Gasteiger partial charge on any atom is -0.338 e. The molecule has 140 valence electrons. The number of rotatable bonds is 5. The van der Waals surface area contributed by atoms with Crippen LogP contribution in [0.25, 0.3) is 0 Å². The van der Waals surface area contributed by atoms with Gasteiger partial charge in [-0.2, -0.15) is 0 Å². The summed E-state index contributed by atoms with van der Waals surface area (Å²) in [5.74, 6) is -0.584. The third-order valence-electron chi connectivity index (χ3n) is 4.38. The van der Waals surface area contributed by atoms with Crippen molar-refractivity contribution in [1.29, 1.82) is 0 Å². The van der Waals surface area contributed by atoms with Gasteiger partial charge in [-0.1, -0.05) is 19.1 Å². The number of carbonyl (C=O) groups is 1. The van der Waals surface area contributed by atoms with Crippen LogP contribution in [0.3, 0.4) is 0 Å². The van der Waals surface area contributed by atoms with E-state index in [0.717, 1.165) is 14.7 Å². The Labute approximate surface area is 157 Å². The molecule has 2 heterocycles. The molecule has 2 aromatic rings. The van der Waals surface area contributed by atoms with Crippen molar-refractivity contribution in [3.63, 3.8) is 0 Å². The van der Waals surface area contributed by atoms with Gasteiger partial charge in [0.2, 0.25) is 5.91 Å². The van der Waals surface area contributed by atoms with Crippen LogP contribution in [0.4, 0.5) is 10.1 Å². The molecule has 0 radical (unpaired) electrons. The third kappa shape index (κ3) is 3.48. The fourth-order valence-electron chi connectivity index (χ4n) is 3.04. The van der Waals surface area contributed by atoms with Crippen molar-refractivity contribution in [2.24, 2.45) is 0 Å². The molecule has 0 aliphatic carbocycles. The van der Waals surface area contributed by atoms with E-state index in [1.165, 1.54) is 36.5 Å². The maximum absolute atomic E-state index is 14.2. The second-order valence-electron chi connectivity index (χ2n) is 6.23. The first-order valence-corrected chi connectivity index (χ1v) is 10.7. The molecule has 1 aromatic carbocycles. The number of amides is 1. The summed E-state index contributed by atoms with van der Waals surface area (Å²) >= 11 is 1.22. The van der Waals surface area contributed by atoms with Crippen LogP contribution in [-0.2, 0) is 27.8 Å². The molecular weight excluding hydrogens is 375 g/mol. The van der Waals surface area contributed by atoms with Gasteiger partial charge in [-0.25, -0.2) is 12.8 Å². The number of hydrogen-bond acceptors (Lipinski definition) is 4. The first-order valence-electron chi connectivity index (χ1n) is 8.49. The Morgan fingerprint density at radius 3 is 2.73 bits per heavy atom. The van der Waals surface area contributed by atoms with E-state index >= 15 is 0 Å². The van der Waals surface area contributed by atoms with Gasteiger partial charge in [-0.05, 0) is 36.6 Å². The van der Waals surface area contributed by atoms with E-state index in [0.29, 0.717) is 25.9 Å². The lowest BCUT2D eigenvalue weighted by atomic mass is 10.1. The van der Waals surface area contributed by atoms with Crippen molar-refractivity contribution in [2.75, 3.05) is 17.4 Å². The van der Waals surface area contributed by atoms with Crippen molar-refractivity contribution >= 4 is 33.0 Å². The Balaban J connectivity index is 1.99. The van der Waals surface area contributed by atoms with Crippen LogP contribution in [0.5, 0.6) is 0 Å². The molecular formula is C18H21FN2O3S2. The number of halogens is 1. The monoisotopic (exact) mass is 396 g/mol. The van der Waals surface area contributed by atoms with Crippen molar-refractivity contribution in [3.8, 4) is 0 Å². The lowest BCUT2D eigenvalue weighted by Crippen LogP contribution is -2.33. The highest BCUT2D eigenvalue weighted by Gasteiger charge is 2.31. The molecule has 5 nitrogen and oxygen atoms in total. The first-order chi connectivity index (χ1) is 12.3. The molecule has 1 aromatic heterocycles. The highest BCUT2D eigenvalue weighted by atomic mass is 32.2. The Morgan fingerprint density at radius 2 is 2.08 bits per heavy atom. The Hall–Kier alpha value is -1.93. The molecule has 1 aliphatic rings. The number of anilines is 1. The Bertz CT molecular complexity index is 924. The van der Waals surface area contributed by atoms with Gasteiger partial charge >= 0.3 is 0 Å². The molecule has 8 heteroatoms. The predicted molar refractivity (Wildman–Crippen MR) is 100 cm³/mol. The van der Waals surface area contributed by atoms with Gasteiger partial charge < -0.3 is 4.90 Å². The Morgan fingerprint density at radius 1 is 1.35 bits per heavy atom. The summed E-state index contributed by atoms with van der Waals surface area (Å²) < 4.78 is 42.0. The van der Waals surface area contributed by atoms with Crippen molar-refractivity contribution in [1.82, 2.24) is 4.90 Å². The molecule has 0 bridgehead atoms. The number of nitrogens with zero attached hydrogens (tertiary/aromatic N) is 2. The molecule has 0 N–H and O–H groups in total. The van der Waals surface area contributed by atoms with Crippen molar-refractivity contribution in [2.45, 2.75) is 37.4 Å². The number of hydrogen-bond donors (Lipinski definition) is 0. The van der Waals surface area contributed by atoms with E-state index in [2.05, 4.69) is 0 Å². The lowest BCUT2D eigenvalue weighted by Gasteiger charge is -2.25. The van der Waals surface area contributed by atoms with Crippen LogP contribution < -0.4 is 4.31 Å². The van der Waals surface area contributed by atoms with Gasteiger partial charge in [0, 0.05) is 31.4 Å². The van der Waals surface area contributed by atoms with E-state index in [1.54, 1.807) is 17.0 Å². The second kappa shape index (κ2) is 7.36. The maximum atomic E-state index is 14.2. The average molecular weight is 397 g/mol. The third-order valence-corrected chi connectivity index (χ3v) is 7.88. The summed E-state index contributed by atoms with van der Waals surface area (Å²) in [6.45, 7) is 4.58. The maximum Gasteiger partial charge on any atom is 0.273 e. The van der Waals surface area contributed by atoms with Gasteiger partial charge in [0.05, 0.1) is 5.69 Å². The van der Waals surface area contributed by atoms with Crippen LogP contribution in [0.2, 0.25) is 0 Å². The van der Waals surface area contributed by atoms with E-state index in [4.69, 9.17) is 0 Å².